The summed E-state index contributed by atoms with van der Waals surface area (Å²) in [6, 6.07) is -4.80. The number of thiol groups is 1. The number of rotatable bonds is 12. The van der Waals surface area contributed by atoms with Crippen LogP contribution in [0.15, 0.2) is 0 Å². The van der Waals surface area contributed by atoms with Crippen LogP contribution in [0.4, 0.5) is 0 Å². The summed E-state index contributed by atoms with van der Waals surface area (Å²) < 4.78 is 0. The third-order valence-electron chi connectivity index (χ3n) is 4.69. The van der Waals surface area contributed by atoms with Gasteiger partial charge in [0.05, 0.1) is 12.5 Å². The molecule has 1 aliphatic rings. The van der Waals surface area contributed by atoms with Crippen LogP contribution in [0.3, 0.4) is 0 Å². The first-order valence-electron chi connectivity index (χ1n) is 9.55. The SMILES string of the molecule is NC(=O)CCC(N)C(=O)NC(CS)C(=O)NC(CC(N)=O)C(=O)N1CCCC1C(=O)O. The summed E-state index contributed by atoms with van der Waals surface area (Å²) >= 11 is 4.00. The number of nitrogens with one attached hydrogen (secondary N) is 2. The maximum absolute atomic E-state index is 12.8. The van der Waals surface area contributed by atoms with Crippen LogP contribution in [0.25, 0.3) is 0 Å². The molecule has 0 bridgehead atoms. The molecule has 4 unspecified atom stereocenters. The van der Waals surface area contributed by atoms with Crippen molar-refractivity contribution in [2.24, 2.45) is 17.2 Å². The second kappa shape index (κ2) is 12.1. The largest absolute Gasteiger partial charge is 0.480 e. The fourth-order valence-electron chi connectivity index (χ4n) is 3.06. The molecule has 0 aromatic carbocycles. The highest BCUT2D eigenvalue weighted by molar-refractivity contribution is 7.80. The Bertz CT molecular complexity index is 734. The highest BCUT2D eigenvalue weighted by atomic mass is 32.1. The summed E-state index contributed by atoms with van der Waals surface area (Å²) in [7, 11) is 0. The molecule has 174 valence electrons. The summed E-state index contributed by atoms with van der Waals surface area (Å²) in [5, 5.41) is 13.9. The van der Waals surface area contributed by atoms with Crippen LogP contribution >= 0.6 is 12.6 Å². The molecule has 9 N–H and O–H groups in total. The Kier molecular flexibility index (Phi) is 10.2. The van der Waals surface area contributed by atoms with Gasteiger partial charge in [-0.25, -0.2) is 4.79 Å². The van der Waals surface area contributed by atoms with E-state index in [1.807, 2.05) is 0 Å². The maximum atomic E-state index is 12.8. The topological polar surface area (TPSA) is 228 Å². The average molecular weight is 461 g/mol. The van der Waals surface area contributed by atoms with Crippen molar-refractivity contribution in [2.75, 3.05) is 12.3 Å². The van der Waals surface area contributed by atoms with E-state index in [4.69, 9.17) is 17.2 Å². The molecule has 0 aromatic heterocycles. The van der Waals surface area contributed by atoms with Crippen molar-refractivity contribution in [1.82, 2.24) is 15.5 Å². The Balaban J connectivity index is 2.85. The van der Waals surface area contributed by atoms with Crippen molar-refractivity contribution in [3.8, 4) is 0 Å². The quantitative estimate of drug-likeness (QED) is 0.144. The number of carboxylic acids is 1. The Morgan fingerprint density at radius 3 is 2.16 bits per heavy atom. The first kappa shape index (κ1) is 26.2. The fraction of sp³-hybridized carbons (Fsp3) is 0.647. The number of nitrogens with zero attached hydrogens (tertiary/aromatic N) is 1. The van der Waals surface area contributed by atoms with Crippen molar-refractivity contribution in [2.45, 2.75) is 56.3 Å². The van der Waals surface area contributed by atoms with Gasteiger partial charge in [-0.1, -0.05) is 0 Å². The minimum Gasteiger partial charge on any atom is -0.480 e. The van der Waals surface area contributed by atoms with Crippen molar-refractivity contribution >= 4 is 48.1 Å². The van der Waals surface area contributed by atoms with E-state index >= 15 is 0 Å². The van der Waals surface area contributed by atoms with E-state index in [9.17, 15) is 33.9 Å². The summed E-state index contributed by atoms with van der Waals surface area (Å²) in [6.07, 6.45) is -0.00739. The number of hydrogen-bond acceptors (Lipinski definition) is 8. The first-order chi connectivity index (χ1) is 14.5. The Labute approximate surface area is 183 Å². The van der Waals surface area contributed by atoms with E-state index in [1.54, 1.807) is 0 Å². The normalized spacial score (nSPS) is 18.5. The number of carboxylic acid groups (broad SMARTS) is 1. The van der Waals surface area contributed by atoms with E-state index in [2.05, 4.69) is 23.3 Å². The monoisotopic (exact) mass is 460 g/mol. The van der Waals surface area contributed by atoms with Gasteiger partial charge in [0.1, 0.15) is 18.1 Å². The van der Waals surface area contributed by atoms with Crippen molar-refractivity contribution in [1.29, 1.82) is 0 Å². The highest BCUT2D eigenvalue weighted by Crippen LogP contribution is 2.19. The van der Waals surface area contributed by atoms with E-state index in [-0.39, 0.29) is 31.6 Å². The first-order valence-corrected chi connectivity index (χ1v) is 10.2. The molecule has 0 aliphatic carbocycles. The molecule has 1 heterocycles. The van der Waals surface area contributed by atoms with Crippen LogP contribution in [0.2, 0.25) is 0 Å². The number of carbonyl (C=O) groups is 6. The van der Waals surface area contributed by atoms with E-state index in [1.165, 1.54) is 0 Å². The minimum atomic E-state index is -1.41. The van der Waals surface area contributed by atoms with Crippen LogP contribution in [0.5, 0.6) is 0 Å². The molecule has 13 nitrogen and oxygen atoms in total. The molecule has 5 amide bonds. The van der Waals surface area contributed by atoms with Gasteiger partial charge in [-0.2, -0.15) is 12.6 Å². The lowest BCUT2D eigenvalue weighted by Crippen LogP contribution is -2.58. The third-order valence-corrected chi connectivity index (χ3v) is 5.06. The molecular weight excluding hydrogens is 432 g/mol. The summed E-state index contributed by atoms with van der Waals surface area (Å²) in [4.78, 5) is 72.2. The smallest absolute Gasteiger partial charge is 0.326 e. The Morgan fingerprint density at radius 1 is 1.03 bits per heavy atom. The second-order valence-electron chi connectivity index (χ2n) is 7.11. The van der Waals surface area contributed by atoms with E-state index in [0.717, 1.165) is 4.90 Å². The molecule has 1 fully saturated rings. The predicted octanol–water partition coefficient (Wildman–Crippen LogP) is -3.57. The predicted molar refractivity (Wildman–Crippen MR) is 110 cm³/mol. The van der Waals surface area contributed by atoms with E-state index in [0.29, 0.717) is 6.42 Å². The van der Waals surface area contributed by atoms with Gasteiger partial charge in [-0.05, 0) is 19.3 Å². The number of hydrogen-bond donors (Lipinski definition) is 7. The van der Waals surface area contributed by atoms with Gasteiger partial charge in [0.25, 0.3) is 0 Å². The molecule has 1 rings (SSSR count). The number of primary amides is 2. The fourth-order valence-corrected chi connectivity index (χ4v) is 3.32. The zero-order chi connectivity index (χ0) is 23.7. The van der Waals surface area contributed by atoms with Gasteiger partial charge >= 0.3 is 5.97 Å². The van der Waals surface area contributed by atoms with Gasteiger partial charge in [-0.15, -0.1) is 0 Å². The second-order valence-corrected chi connectivity index (χ2v) is 7.48. The third kappa shape index (κ3) is 8.05. The molecule has 4 atom stereocenters. The van der Waals surface area contributed by atoms with Gasteiger partial charge in [0.2, 0.25) is 29.5 Å². The van der Waals surface area contributed by atoms with Gasteiger partial charge in [-0.3, -0.25) is 24.0 Å². The van der Waals surface area contributed by atoms with Gasteiger partial charge in [0.15, 0.2) is 0 Å². The summed E-state index contributed by atoms with van der Waals surface area (Å²) in [5.74, 6) is -5.22. The number of aliphatic carboxylic acids is 1. The van der Waals surface area contributed by atoms with Crippen LogP contribution in [0.1, 0.15) is 32.1 Å². The number of nitrogens with two attached hydrogens (primary N) is 3. The van der Waals surface area contributed by atoms with Crippen LogP contribution < -0.4 is 27.8 Å². The highest BCUT2D eigenvalue weighted by Gasteiger charge is 2.38. The summed E-state index contributed by atoms with van der Waals surface area (Å²) in [5.41, 5.74) is 15.8. The lowest BCUT2D eigenvalue weighted by Gasteiger charge is -2.28. The molecular formula is C17H28N6O7S. The molecule has 0 aromatic rings. The number of carbonyl (C=O) groups excluding carboxylic acids is 5. The Hall–Kier alpha value is -2.87. The lowest BCUT2D eigenvalue weighted by atomic mass is 10.1. The minimum absolute atomic E-state index is 0.0313. The van der Waals surface area contributed by atoms with Crippen molar-refractivity contribution in [3.05, 3.63) is 0 Å². The Morgan fingerprint density at radius 2 is 1.65 bits per heavy atom. The van der Waals surface area contributed by atoms with Crippen LogP contribution in [0, 0.1) is 0 Å². The van der Waals surface area contributed by atoms with Crippen LogP contribution in [-0.4, -0.2) is 82.0 Å². The molecule has 0 saturated carbocycles. The average Bonchev–Trinajstić information content (AvgIpc) is 3.18. The maximum Gasteiger partial charge on any atom is 0.326 e. The van der Waals surface area contributed by atoms with Crippen molar-refractivity contribution in [3.63, 3.8) is 0 Å². The molecule has 0 radical (unpaired) electrons. The molecule has 1 saturated heterocycles. The van der Waals surface area contributed by atoms with Crippen molar-refractivity contribution < 1.29 is 33.9 Å². The summed E-state index contributed by atoms with van der Waals surface area (Å²) in [6.45, 7) is 0.155. The van der Waals surface area contributed by atoms with Crippen LogP contribution in [-0.2, 0) is 28.8 Å². The zero-order valence-corrected chi connectivity index (χ0v) is 17.7. The molecule has 14 heteroatoms. The molecule has 31 heavy (non-hydrogen) atoms. The standard InChI is InChI=1S/C17H28N6O7S/c18-8(3-4-12(19)24)14(26)22-10(7-31)15(27)21-9(6-13(20)25)16(28)23-5-1-2-11(23)17(29)30/h8-11,31H,1-7,18H2,(H2,19,24)(H2,20,25)(H,21,27)(H,22,26)(H,29,30). The molecule has 0 spiro atoms. The molecule has 1 aliphatic heterocycles. The van der Waals surface area contributed by atoms with Gasteiger partial charge in [0, 0.05) is 18.7 Å². The van der Waals surface area contributed by atoms with Gasteiger partial charge < -0.3 is 37.8 Å². The lowest BCUT2D eigenvalue weighted by molar-refractivity contribution is -0.149. The zero-order valence-electron chi connectivity index (χ0n) is 16.8. The van der Waals surface area contributed by atoms with E-state index < -0.39 is 66.1 Å². The number of amides is 5. The number of likely N-dealkylation sites (tertiary alicyclic amines) is 1.